The van der Waals surface area contributed by atoms with Crippen LogP contribution in [0.4, 0.5) is 5.69 Å². The fourth-order valence-corrected chi connectivity index (χ4v) is 5.11. The van der Waals surface area contributed by atoms with Gasteiger partial charge in [-0.3, -0.25) is 0 Å². The van der Waals surface area contributed by atoms with Crippen LogP contribution in [0.5, 0.6) is 0 Å². The predicted molar refractivity (Wildman–Crippen MR) is 109 cm³/mol. The van der Waals surface area contributed by atoms with Crippen molar-refractivity contribution in [3.63, 3.8) is 0 Å². The number of nitrogens with zero attached hydrogens (tertiary/aromatic N) is 1. The summed E-state index contributed by atoms with van der Waals surface area (Å²) in [6, 6.07) is 4.46. The van der Waals surface area contributed by atoms with Gasteiger partial charge in [0.05, 0.1) is 19.0 Å². The molecule has 2 aliphatic heterocycles. The molecule has 0 amide bonds. The molecule has 0 radical (unpaired) electrons. The Morgan fingerprint density at radius 2 is 2.16 bits per heavy atom. The van der Waals surface area contributed by atoms with Gasteiger partial charge in [-0.15, -0.1) is 6.58 Å². The van der Waals surface area contributed by atoms with Gasteiger partial charge < -0.3 is 15.2 Å². The first-order chi connectivity index (χ1) is 11.5. The molecule has 3 nitrogen and oxygen atoms in total. The summed E-state index contributed by atoms with van der Waals surface area (Å²) in [7, 11) is 1.80. The monoisotopic (exact) mass is 404 g/mol. The van der Waals surface area contributed by atoms with E-state index in [-0.39, 0.29) is 21.6 Å². The second kappa shape index (κ2) is 5.97. The molecule has 4 heteroatoms. The van der Waals surface area contributed by atoms with Crippen LogP contribution in [-0.2, 0) is 11.8 Å². The van der Waals surface area contributed by atoms with Gasteiger partial charge >= 0.3 is 0 Å². The van der Waals surface area contributed by atoms with E-state index in [1.807, 2.05) is 6.08 Å². The van der Waals surface area contributed by atoms with Gasteiger partial charge in [0.2, 0.25) is 0 Å². The van der Waals surface area contributed by atoms with Gasteiger partial charge in [0.15, 0.2) is 6.17 Å². The molecule has 1 fully saturated rings. The van der Waals surface area contributed by atoms with Crippen LogP contribution in [0.15, 0.2) is 40.9 Å². The molecule has 25 heavy (non-hydrogen) atoms. The average molecular weight is 405 g/mol. The summed E-state index contributed by atoms with van der Waals surface area (Å²) >= 11 is 3.72. The summed E-state index contributed by atoms with van der Waals surface area (Å²) in [4.78, 5) is 0. The lowest BCUT2D eigenvalue weighted by molar-refractivity contribution is -0.871. The molecule has 1 saturated heterocycles. The topological polar surface area (TPSA) is 35.1 Å². The average Bonchev–Trinajstić information content (AvgIpc) is 2.99. The number of hydrogen-bond donors (Lipinski definition) is 1. The van der Waals surface area contributed by atoms with Gasteiger partial charge in [-0.05, 0) is 42.9 Å². The molecule has 1 unspecified atom stereocenters. The fourth-order valence-electron chi connectivity index (χ4n) is 4.60. The maximum atomic E-state index is 13.2. The van der Waals surface area contributed by atoms with E-state index >= 15 is 0 Å². The van der Waals surface area contributed by atoms with Crippen LogP contribution < -0.4 is 5.32 Å². The summed E-state index contributed by atoms with van der Waals surface area (Å²) in [6.07, 6.45) is 5.89. The Kier molecular flexibility index (Phi) is 4.46. The van der Waals surface area contributed by atoms with E-state index in [2.05, 4.69) is 73.7 Å². The quantitative estimate of drug-likeness (QED) is 0.407. The van der Waals surface area contributed by atoms with E-state index < -0.39 is 0 Å². The minimum absolute atomic E-state index is 0.166. The van der Waals surface area contributed by atoms with E-state index in [1.165, 1.54) is 16.7 Å². The van der Waals surface area contributed by atoms with Crippen molar-refractivity contribution in [2.24, 2.45) is 5.41 Å². The Labute approximate surface area is 160 Å². The number of nitrogens with one attached hydrogen (secondary N) is 1. The zero-order valence-electron chi connectivity index (χ0n) is 15.9. The molecule has 2 aliphatic rings. The smallest absolute Gasteiger partial charge is 0.172 e. The highest BCUT2D eigenvalue weighted by molar-refractivity contribution is 9.10. The normalized spacial score (nSPS) is 30.4. The van der Waals surface area contributed by atoms with E-state index in [0.29, 0.717) is 6.54 Å². The maximum Gasteiger partial charge on any atom is 0.172 e. The molecule has 0 bridgehead atoms. The van der Waals surface area contributed by atoms with Crippen molar-refractivity contribution in [1.29, 1.82) is 0 Å². The Morgan fingerprint density at radius 1 is 1.48 bits per heavy atom. The van der Waals surface area contributed by atoms with Gasteiger partial charge in [-0.1, -0.05) is 53.6 Å². The maximum absolute atomic E-state index is 13.2. The van der Waals surface area contributed by atoms with Gasteiger partial charge in [0.25, 0.3) is 0 Å². The third-order valence-corrected chi connectivity index (χ3v) is 7.05. The second-order valence-electron chi connectivity index (χ2n) is 8.57. The largest absolute Gasteiger partial charge is 0.631 e. The van der Waals surface area contributed by atoms with E-state index in [1.54, 1.807) is 7.05 Å². The SMILES string of the molecule is C=CC(C)(C)[C@@]12CC[N+](C)([O-])[C@@H]1Nc1cc(Br)c(CC=C(C)C)cc12. The van der Waals surface area contributed by atoms with Gasteiger partial charge in [0.1, 0.15) is 0 Å². The summed E-state index contributed by atoms with van der Waals surface area (Å²) in [5, 5.41) is 16.7. The van der Waals surface area contributed by atoms with Crippen LogP contribution >= 0.6 is 15.9 Å². The molecule has 0 spiro atoms. The van der Waals surface area contributed by atoms with Crippen LogP contribution in [0.2, 0.25) is 0 Å². The van der Waals surface area contributed by atoms with Crippen molar-refractivity contribution in [2.45, 2.75) is 52.1 Å². The molecule has 1 N–H and O–H groups in total. The first-order valence-corrected chi connectivity index (χ1v) is 9.77. The number of benzene rings is 1. The number of anilines is 1. The number of rotatable bonds is 4. The second-order valence-corrected chi connectivity index (χ2v) is 9.42. The fraction of sp³-hybridized carbons (Fsp3) is 0.524. The summed E-state index contributed by atoms with van der Waals surface area (Å²) < 4.78 is 0.857. The lowest BCUT2D eigenvalue weighted by Crippen LogP contribution is -2.55. The van der Waals surface area contributed by atoms with Crippen molar-refractivity contribution in [3.05, 3.63) is 57.2 Å². The summed E-state index contributed by atoms with van der Waals surface area (Å²) in [6.45, 7) is 13.4. The number of likely N-dealkylation sites (N-methyl/N-ethyl adjacent to an activating group) is 1. The zero-order valence-corrected chi connectivity index (χ0v) is 17.5. The Hall–Kier alpha value is -1.10. The number of hydrogen-bond acceptors (Lipinski definition) is 2. The Bertz CT molecular complexity index is 747. The minimum atomic E-state index is -0.243. The molecule has 2 heterocycles. The minimum Gasteiger partial charge on any atom is -0.631 e. The highest BCUT2D eigenvalue weighted by atomic mass is 79.9. The van der Waals surface area contributed by atoms with Crippen LogP contribution in [0.25, 0.3) is 0 Å². The van der Waals surface area contributed by atoms with E-state index in [0.717, 1.165) is 23.0 Å². The summed E-state index contributed by atoms with van der Waals surface area (Å²) in [5.41, 5.74) is 4.56. The molecule has 3 atom stereocenters. The lowest BCUT2D eigenvalue weighted by atomic mass is 9.60. The van der Waals surface area contributed by atoms with Crippen molar-refractivity contribution in [3.8, 4) is 0 Å². The van der Waals surface area contributed by atoms with Crippen molar-refractivity contribution in [2.75, 3.05) is 18.9 Å². The number of likely N-dealkylation sites (tertiary alicyclic amines) is 1. The molecular formula is C21H29BrN2O. The standard InChI is InChI=1S/C21H29BrN2O/c1-7-20(4,5)21-10-11-24(6,25)19(21)23-18-13-17(22)15(12-16(18)21)9-8-14(2)3/h7-8,12-13,19,23H,1,9-11H2,2-6H3/t19-,21+,24?/m0/s1. The van der Waals surface area contributed by atoms with Crippen LogP contribution in [-0.4, -0.2) is 24.4 Å². The molecular weight excluding hydrogens is 376 g/mol. The Balaban J connectivity index is 2.19. The van der Waals surface area contributed by atoms with Gasteiger partial charge in [0, 0.05) is 16.6 Å². The van der Waals surface area contributed by atoms with Crippen LogP contribution in [0, 0.1) is 10.6 Å². The third-order valence-electron chi connectivity index (χ3n) is 6.31. The highest BCUT2D eigenvalue weighted by Crippen LogP contribution is 2.60. The zero-order chi connectivity index (χ0) is 18.6. The molecule has 3 rings (SSSR count). The Morgan fingerprint density at radius 3 is 2.76 bits per heavy atom. The first kappa shape index (κ1) is 18.7. The molecule has 0 aliphatic carbocycles. The molecule has 1 aromatic rings. The molecule has 136 valence electrons. The molecule has 0 saturated carbocycles. The highest BCUT2D eigenvalue weighted by Gasteiger charge is 2.64. The number of halogens is 1. The number of hydroxylamine groups is 3. The lowest BCUT2D eigenvalue weighted by Gasteiger charge is -2.47. The first-order valence-electron chi connectivity index (χ1n) is 8.98. The van der Waals surface area contributed by atoms with Crippen molar-refractivity contribution in [1.82, 2.24) is 0 Å². The van der Waals surface area contributed by atoms with E-state index in [4.69, 9.17) is 0 Å². The predicted octanol–water partition coefficient (Wildman–Crippen LogP) is 5.51. The van der Waals surface area contributed by atoms with E-state index in [9.17, 15) is 5.21 Å². The number of allylic oxidation sites excluding steroid dienone is 3. The van der Waals surface area contributed by atoms with Crippen LogP contribution in [0.3, 0.4) is 0 Å². The number of quaternary nitrogens is 1. The van der Waals surface area contributed by atoms with Crippen LogP contribution in [0.1, 0.15) is 45.2 Å². The number of fused-ring (bicyclic) bond motifs is 3. The third kappa shape index (κ3) is 2.70. The van der Waals surface area contributed by atoms with Crippen molar-refractivity contribution >= 4 is 21.6 Å². The molecule has 1 aromatic carbocycles. The van der Waals surface area contributed by atoms with Gasteiger partial charge in [-0.25, -0.2) is 0 Å². The van der Waals surface area contributed by atoms with Gasteiger partial charge in [-0.2, -0.15) is 0 Å². The summed E-state index contributed by atoms with van der Waals surface area (Å²) in [5.74, 6) is 0. The van der Waals surface area contributed by atoms with Crippen molar-refractivity contribution < 1.29 is 4.65 Å². The molecule has 0 aromatic heterocycles.